The summed E-state index contributed by atoms with van der Waals surface area (Å²) in [5, 5.41) is 11.9. The lowest BCUT2D eigenvalue weighted by atomic mass is 10.1. The molecule has 1 amide bonds. The highest BCUT2D eigenvalue weighted by Crippen LogP contribution is 2.18. The van der Waals surface area contributed by atoms with Gasteiger partial charge in [0.25, 0.3) is 5.91 Å². The summed E-state index contributed by atoms with van der Waals surface area (Å²) in [5.41, 5.74) is 2.44. The van der Waals surface area contributed by atoms with Crippen LogP contribution < -0.4 is 10.6 Å². The molecule has 0 aliphatic rings. The summed E-state index contributed by atoms with van der Waals surface area (Å²) in [5.74, 6) is 0.539. The molecule has 30 heavy (non-hydrogen) atoms. The molecule has 0 radical (unpaired) electrons. The topological polar surface area (TPSA) is 84.7 Å². The number of aromatic nitrogens is 4. The first kappa shape index (κ1) is 19.8. The van der Waals surface area contributed by atoms with Crippen molar-refractivity contribution in [2.75, 3.05) is 18.4 Å². The number of halogens is 1. The summed E-state index contributed by atoms with van der Waals surface area (Å²) in [4.78, 5) is 21.0. The summed E-state index contributed by atoms with van der Waals surface area (Å²) < 4.78 is 1.76. The molecule has 0 bridgehead atoms. The minimum absolute atomic E-state index is 0.213. The molecule has 0 unspecified atom stereocenters. The SMILES string of the molecule is O=C(NCCn1ncc2c(NCCc3ccccc3)ncnc21)c1ccccc1Cl. The van der Waals surface area contributed by atoms with Gasteiger partial charge in [-0.05, 0) is 24.1 Å². The first-order valence-electron chi connectivity index (χ1n) is 9.69. The molecular weight excluding hydrogens is 400 g/mol. The van der Waals surface area contributed by atoms with E-state index in [1.807, 2.05) is 18.2 Å². The van der Waals surface area contributed by atoms with Gasteiger partial charge in [0.2, 0.25) is 0 Å². The van der Waals surface area contributed by atoms with Crippen LogP contribution in [0.25, 0.3) is 11.0 Å². The van der Waals surface area contributed by atoms with Crippen LogP contribution in [0.3, 0.4) is 0 Å². The quantitative estimate of drug-likeness (QED) is 0.455. The van der Waals surface area contributed by atoms with Crippen molar-refractivity contribution in [2.24, 2.45) is 0 Å². The first-order chi connectivity index (χ1) is 14.7. The van der Waals surface area contributed by atoms with Crippen molar-refractivity contribution >= 4 is 34.4 Å². The van der Waals surface area contributed by atoms with E-state index in [9.17, 15) is 4.79 Å². The Hall–Kier alpha value is -3.45. The molecule has 0 fully saturated rings. The fourth-order valence-corrected chi connectivity index (χ4v) is 3.40. The van der Waals surface area contributed by atoms with Gasteiger partial charge in [-0.3, -0.25) is 4.79 Å². The second kappa shape index (κ2) is 9.37. The summed E-state index contributed by atoms with van der Waals surface area (Å²) in [6.45, 7) is 1.65. The van der Waals surface area contributed by atoms with Crippen molar-refractivity contribution in [1.29, 1.82) is 0 Å². The molecule has 0 saturated carbocycles. The monoisotopic (exact) mass is 420 g/mol. The molecule has 8 heteroatoms. The predicted octanol–water partition coefficient (Wildman–Crippen LogP) is 3.56. The Labute approximate surface area is 179 Å². The van der Waals surface area contributed by atoms with Crippen LogP contribution in [-0.4, -0.2) is 38.7 Å². The van der Waals surface area contributed by atoms with E-state index in [0.29, 0.717) is 23.7 Å². The number of carbonyl (C=O) groups is 1. The Kier molecular flexibility index (Phi) is 6.20. The molecule has 2 aromatic heterocycles. The van der Waals surface area contributed by atoms with E-state index in [-0.39, 0.29) is 5.91 Å². The number of benzene rings is 2. The van der Waals surface area contributed by atoms with Crippen molar-refractivity contribution in [3.05, 3.63) is 83.3 Å². The zero-order valence-corrected chi connectivity index (χ0v) is 17.0. The number of hydrogen-bond donors (Lipinski definition) is 2. The maximum Gasteiger partial charge on any atom is 0.252 e. The number of carbonyl (C=O) groups excluding carboxylic acids is 1. The van der Waals surface area contributed by atoms with Gasteiger partial charge >= 0.3 is 0 Å². The molecule has 0 spiro atoms. The lowest BCUT2D eigenvalue weighted by Crippen LogP contribution is -2.27. The number of nitrogens with one attached hydrogen (secondary N) is 2. The molecule has 0 aliphatic carbocycles. The smallest absolute Gasteiger partial charge is 0.252 e. The van der Waals surface area contributed by atoms with Crippen LogP contribution in [0, 0.1) is 0 Å². The van der Waals surface area contributed by atoms with E-state index in [0.717, 1.165) is 29.8 Å². The fourth-order valence-electron chi connectivity index (χ4n) is 3.18. The van der Waals surface area contributed by atoms with Crippen LogP contribution in [0.4, 0.5) is 5.82 Å². The van der Waals surface area contributed by atoms with E-state index >= 15 is 0 Å². The number of amides is 1. The van der Waals surface area contributed by atoms with Crippen LogP contribution in [0.15, 0.2) is 67.1 Å². The van der Waals surface area contributed by atoms with Gasteiger partial charge in [-0.1, -0.05) is 54.1 Å². The second-order valence-electron chi connectivity index (χ2n) is 6.73. The van der Waals surface area contributed by atoms with Crippen molar-refractivity contribution in [2.45, 2.75) is 13.0 Å². The van der Waals surface area contributed by atoms with Gasteiger partial charge in [-0.15, -0.1) is 0 Å². The highest BCUT2D eigenvalue weighted by atomic mass is 35.5. The first-order valence-corrected chi connectivity index (χ1v) is 10.1. The largest absolute Gasteiger partial charge is 0.369 e. The van der Waals surface area contributed by atoms with Crippen LogP contribution in [0.5, 0.6) is 0 Å². The molecule has 0 saturated heterocycles. The van der Waals surface area contributed by atoms with Crippen molar-refractivity contribution in [3.63, 3.8) is 0 Å². The molecule has 152 valence electrons. The number of fused-ring (bicyclic) bond motifs is 1. The molecule has 0 atom stereocenters. The summed E-state index contributed by atoms with van der Waals surface area (Å²) in [6, 6.07) is 17.3. The zero-order valence-electron chi connectivity index (χ0n) is 16.3. The summed E-state index contributed by atoms with van der Waals surface area (Å²) in [7, 11) is 0. The van der Waals surface area contributed by atoms with Gasteiger partial charge in [0.1, 0.15) is 12.1 Å². The Morgan fingerprint density at radius 1 is 1.00 bits per heavy atom. The van der Waals surface area contributed by atoms with Gasteiger partial charge < -0.3 is 10.6 Å². The Morgan fingerprint density at radius 3 is 2.63 bits per heavy atom. The number of rotatable bonds is 8. The molecule has 2 heterocycles. The Bertz CT molecular complexity index is 1140. The predicted molar refractivity (Wildman–Crippen MR) is 118 cm³/mol. The van der Waals surface area contributed by atoms with E-state index in [4.69, 9.17) is 11.6 Å². The van der Waals surface area contributed by atoms with Crippen LogP contribution in [0.2, 0.25) is 5.02 Å². The summed E-state index contributed by atoms with van der Waals surface area (Å²) in [6.07, 6.45) is 4.16. The third-order valence-corrected chi connectivity index (χ3v) is 5.04. The lowest BCUT2D eigenvalue weighted by molar-refractivity contribution is 0.0952. The number of nitrogens with zero attached hydrogens (tertiary/aromatic N) is 4. The third kappa shape index (κ3) is 4.58. The van der Waals surface area contributed by atoms with E-state index in [2.05, 4.69) is 37.8 Å². The fraction of sp³-hybridized carbons (Fsp3) is 0.182. The molecular formula is C22H21ClN6O. The van der Waals surface area contributed by atoms with Crippen LogP contribution >= 0.6 is 11.6 Å². The maximum atomic E-state index is 12.3. The Morgan fingerprint density at radius 2 is 1.80 bits per heavy atom. The lowest BCUT2D eigenvalue weighted by Gasteiger charge is -2.08. The molecule has 0 aliphatic heterocycles. The molecule has 4 aromatic rings. The molecule has 4 rings (SSSR count). The van der Waals surface area contributed by atoms with E-state index in [1.165, 1.54) is 11.9 Å². The minimum Gasteiger partial charge on any atom is -0.369 e. The Balaban J connectivity index is 1.37. The van der Waals surface area contributed by atoms with Crippen molar-refractivity contribution < 1.29 is 4.79 Å². The number of anilines is 1. The average Bonchev–Trinajstić information content (AvgIpc) is 3.19. The number of hydrogen-bond acceptors (Lipinski definition) is 5. The van der Waals surface area contributed by atoms with Gasteiger partial charge in [-0.2, -0.15) is 5.10 Å². The average molecular weight is 421 g/mol. The van der Waals surface area contributed by atoms with Gasteiger partial charge in [0, 0.05) is 13.1 Å². The molecule has 7 nitrogen and oxygen atoms in total. The van der Waals surface area contributed by atoms with E-state index in [1.54, 1.807) is 35.1 Å². The molecule has 2 aromatic carbocycles. The van der Waals surface area contributed by atoms with Gasteiger partial charge in [-0.25, -0.2) is 14.6 Å². The minimum atomic E-state index is -0.213. The molecule has 2 N–H and O–H groups in total. The van der Waals surface area contributed by atoms with Crippen molar-refractivity contribution in [3.8, 4) is 0 Å². The van der Waals surface area contributed by atoms with Crippen molar-refractivity contribution in [1.82, 2.24) is 25.1 Å². The highest BCUT2D eigenvalue weighted by molar-refractivity contribution is 6.33. The maximum absolute atomic E-state index is 12.3. The second-order valence-corrected chi connectivity index (χ2v) is 7.13. The summed E-state index contributed by atoms with van der Waals surface area (Å²) >= 11 is 6.07. The van der Waals surface area contributed by atoms with Crippen LogP contribution in [-0.2, 0) is 13.0 Å². The normalized spacial score (nSPS) is 10.8. The standard InChI is InChI=1S/C22H21ClN6O/c23-19-9-5-4-8-17(19)22(30)25-12-13-29-21-18(14-28-29)20(26-15-27-21)24-11-10-16-6-2-1-3-7-16/h1-9,14-15H,10-13H2,(H,25,30)(H,24,26,27). The van der Waals surface area contributed by atoms with Crippen LogP contribution in [0.1, 0.15) is 15.9 Å². The van der Waals surface area contributed by atoms with Gasteiger partial charge in [0.15, 0.2) is 5.65 Å². The van der Waals surface area contributed by atoms with E-state index < -0.39 is 0 Å². The zero-order chi connectivity index (χ0) is 20.8. The highest BCUT2D eigenvalue weighted by Gasteiger charge is 2.11. The van der Waals surface area contributed by atoms with Gasteiger partial charge in [0.05, 0.1) is 28.7 Å². The third-order valence-electron chi connectivity index (χ3n) is 4.71.